The molecule has 0 atom stereocenters. The smallest absolute Gasteiger partial charge is 0.462 e. The second-order valence-electron chi connectivity index (χ2n) is 5.01. The molecule has 2 N–H and O–H groups in total. The molecule has 0 amide bonds. The molecule has 0 heterocycles. The molecule has 0 aliphatic rings. The zero-order valence-corrected chi connectivity index (χ0v) is 13.6. The predicted octanol–water partition coefficient (Wildman–Crippen LogP) is 3.68. The number of rotatable bonds is 10. The number of phosphoric ester groups is 1. The fourth-order valence-electron chi connectivity index (χ4n) is 1.92. The number of ether oxygens (including phenoxy) is 1. The molecule has 0 bridgehead atoms. The van der Waals surface area contributed by atoms with Gasteiger partial charge in [0.05, 0.1) is 12.2 Å². The van der Waals surface area contributed by atoms with Gasteiger partial charge in [0.2, 0.25) is 0 Å². The van der Waals surface area contributed by atoms with Crippen LogP contribution in [0.4, 0.5) is 0 Å². The largest absolute Gasteiger partial charge is 0.524 e. The maximum Gasteiger partial charge on any atom is 0.524 e. The first kappa shape index (κ1) is 18.7. The molecule has 0 aliphatic heterocycles. The highest BCUT2D eigenvalue weighted by Crippen LogP contribution is 2.37. The monoisotopic (exact) mass is 330 g/mol. The van der Waals surface area contributed by atoms with E-state index >= 15 is 0 Å². The Kier molecular flexibility index (Phi) is 8.17. The van der Waals surface area contributed by atoms with Crippen LogP contribution in [0.3, 0.4) is 0 Å². The van der Waals surface area contributed by atoms with Crippen molar-refractivity contribution < 1.29 is 28.4 Å². The Morgan fingerprint density at radius 2 is 1.64 bits per heavy atom. The maximum atomic E-state index is 11.8. The van der Waals surface area contributed by atoms with Gasteiger partial charge in [0.1, 0.15) is 5.75 Å². The van der Waals surface area contributed by atoms with Gasteiger partial charge in [-0.25, -0.2) is 9.36 Å². The zero-order valence-electron chi connectivity index (χ0n) is 12.7. The molecule has 0 unspecified atom stereocenters. The molecule has 1 aromatic carbocycles. The van der Waals surface area contributed by atoms with E-state index in [2.05, 4.69) is 11.4 Å². The molecule has 0 aromatic heterocycles. The molecule has 124 valence electrons. The van der Waals surface area contributed by atoms with Gasteiger partial charge in [0, 0.05) is 0 Å². The third-order valence-electron chi connectivity index (χ3n) is 3.05. The summed E-state index contributed by atoms with van der Waals surface area (Å²) in [5.41, 5.74) is 0.323. The topological polar surface area (TPSA) is 93.1 Å². The van der Waals surface area contributed by atoms with Crippen molar-refractivity contribution in [2.24, 2.45) is 0 Å². The third-order valence-corrected chi connectivity index (χ3v) is 3.49. The molecule has 1 aromatic rings. The maximum absolute atomic E-state index is 11.8. The number of hydrogen-bond acceptors (Lipinski definition) is 4. The van der Waals surface area contributed by atoms with Crippen molar-refractivity contribution in [3.8, 4) is 5.75 Å². The fraction of sp³-hybridized carbons (Fsp3) is 0.533. The van der Waals surface area contributed by atoms with E-state index in [1.807, 2.05) is 0 Å². The van der Waals surface area contributed by atoms with Gasteiger partial charge in [-0.2, -0.15) is 0 Å². The quantitative estimate of drug-likeness (QED) is 0.386. The van der Waals surface area contributed by atoms with Crippen LogP contribution in [-0.4, -0.2) is 22.4 Å². The molecule has 0 fully saturated rings. The third kappa shape index (κ3) is 8.17. The Morgan fingerprint density at radius 1 is 1.05 bits per heavy atom. The van der Waals surface area contributed by atoms with Gasteiger partial charge in [-0.05, 0) is 30.7 Å². The van der Waals surface area contributed by atoms with Gasteiger partial charge in [-0.1, -0.05) is 39.0 Å². The van der Waals surface area contributed by atoms with Gasteiger partial charge in [0.25, 0.3) is 0 Å². The van der Waals surface area contributed by atoms with E-state index in [1.165, 1.54) is 43.5 Å². The second kappa shape index (κ2) is 9.62. The lowest BCUT2D eigenvalue weighted by molar-refractivity contribution is 0.0497. The molecule has 6 nitrogen and oxygen atoms in total. The molecule has 0 saturated heterocycles. The normalized spacial score (nSPS) is 11.2. The minimum Gasteiger partial charge on any atom is -0.462 e. The first-order valence-electron chi connectivity index (χ1n) is 7.44. The molecule has 0 saturated carbocycles. The number of hydrogen-bond donors (Lipinski definition) is 2. The lowest BCUT2D eigenvalue weighted by Crippen LogP contribution is -2.06. The molecular weight excluding hydrogens is 307 g/mol. The van der Waals surface area contributed by atoms with E-state index < -0.39 is 13.8 Å². The van der Waals surface area contributed by atoms with Crippen LogP contribution in [0, 0.1) is 0 Å². The van der Waals surface area contributed by atoms with Crippen LogP contribution in [0.2, 0.25) is 0 Å². The van der Waals surface area contributed by atoms with Gasteiger partial charge >= 0.3 is 13.8 Å². The van der Waals surface area contributed by atoms with Crippen molar-refractivity contribution in [2.45, 2.75) is 45.4 Å². The highest BCUT2D eigenvalue weighted by molar-refractivity contribution is 7.46. The Labute approximate surface area is 130 Å². The van der Waals surface area contributed by atoms with Gasteiger partial charge < -0.3 is 9.26 Å². The Bertz CT molecular complexity index is 493. The Hall–Kier alpha value is -1.36. The molecule has 1 rings (SSSR count). The number of unbranched alkanes of at least 4 members (excludes halogenated alkanes) is 5. The van der Waals surface area contributed by atoms with E-state index in [0.29, 0.717) is 12.2 Å². The van der Waals surface area contributed by atoms with Crippen LogP contribution in [-0.2, 0) is 9.30 Å². The van der Waals surface area contributed by atoms with Crippen LogP contribution in [0.1, 0.15) is 55.8 Å². The molecule has 0 aliphatic carbocycles. The van der Waals surface area contributed by atoms with Crippen LogP contribution >= 0.6 is 7.82 Å². The Balaban J connectivity index is 2.29. The van der Waals surface area contributed by atoms with Crippen molar-refractivity contribution >= 4 is 13.8 Å². The van der Waals surface area contributed by atoms with Crippen molar-refractivity contribution in [1.82, 2.24) is 0 Å². The number of carbonyl (C=O) groups excluding carboxylic acids is 1. The minimum absolute atomic E-state index is 0.000748. The van der Waals surface area contributed by atoms with Crippen molar-refractivity contribution in [1.29, 1.82) is 0 Å². The highest BCUT2D eigenvalue weighted by Gasteiger charge is 2.16. The summed E-state index contributed by atoms with van der Waals surface area (Å²) in [6, 6.07) is 5.46. The average Bonchev–Trinajstić information content (AvgIpc) is 2.45. The van der Waals surface area contributed by atoms with Crippen LogP contribution in [0.25, 0.3) is 0 Å². The van der Waals surface area contributed by atoms with E-state index in [4.69, 9.17) is 14.5 Å². The van der Waals surface area contributed by atoms with E-state index in [-0.39, 0.29) is 5.75 Å². The van der Waals surface area contributed by atoms with E-state index in [0.717, 1.165) is 19.3 Å². The van der Waals surface area contributed by atoms with E-state index in [1.54, 1.807) is 0 Å². The van der Waals surface area contributed by atoms with Crippen molar-refractivity contribution in [3.05, 3.63) is 29.8 Å². The van der Waals surface area contributed by atoms with Crippen molar-refractivity contribution in [3.63, 3.8) is 0 Å². The fourth-order valence-corrected chi connectivity index (χ4v) is 2.32. The molecule has 22 heavy (non-hydrogen) atoms. The summed E-state index contributed by atoms with van der Waals surface area (Å²) in [5.74, 6) is -0.447. The SMILES string of the molecule is CCCCCCCCOC(=O)c1ccc(OP(=O)(O)O)cc1. The van der Waals surface area contributed by atoms with Crippen molar-refractivity contribution in [2.75, 3.05) is 6.61 Å². The summed E-state index contributed by atoms with van der Waals surface area (Å²) in [6.45, 7) is 2.55. The lowest BCUT2D eigenvalue weighted by atomic mass is 10.1. The average molecular weight is 330 g/mol. The number of benzene rings is 1. The zero-order chi connectivity index (χ0) is 16.4. The molecule has 7 heteroatoms. The van der Waals surface area contributed by atoms with Gasteiger partial charge in [0.15, 0.2) is 0 Å². The summed E-state index contributed by atoms with van der Waals surface area (Å²) in [4.78, 5) is 29.1. The molecule has 0 radical (unpaired) electrons. The van der Waals surface area contributed by atoms with Gasteiger partial charge in [-0.3, -0.25) is 9.79 Å². The Morgan fingerprint density at radius 3 is 2.23 bits per heavy atom. The lowest BCUT2D eigenvalue weighted by Gasteiger charge is -2.08. The summed E-state index contributed by atoms with van der Waals surface area (Å²) >= 11 is 0. The molecular formula is C15H23O6P. The van der Waals surface area contributed by atoms with Crippen LogP contribution in [0.5, 0.6) is 5.75 Å². The first-order valence-corrected chi connectivity index (χ1v) is 8.97. The second-order valence-corrected chi connectivity index (χ2v) is 6.17. The number of carbonyl (C=O) groups is 1. The first-order chi connectivity index (χ1) is 10.4. The van der Waals surface area contributed by atoms with Crippen LogP contribution < -0.4 is 4.52 Å². The number of esters is 1. The summed E-state index contributed by atoms with van der Waals surface area (Å²) in [5, 5.41) is 0. The standard InChI is InChI=1S/C15H23O6P/c1-2-3-4-5-6-7-12-20-15(16)13-8-10-14(11-9-13)21-22(17,18)19/h8-11H,2-7,12H2,1H3,(H2,17,18,19). The van der Waals surface area contributed by atoms with Crippen LogP contribution in [0.15, 0.2) is 24.3 Å². The van der Waals surface area contributed by atoms with Gasteiger partial charge in [-0.15, -0.1) is 0 Å². The minimum atomic E-state index is -4.58. The molecule has 0 spiro atoms. The summed E-state index contributed by atoms with van der Waals surface area (Å²) in [6.07, 6.45) is 6.70. The summed E-state index contributed by atoms with van der Waals surface area (Å²) < 4.78 is 20.2. The summed E-state index contributed by atoms with van der Waals surface area (Å²) in [7, 11) is -4.58. The highest BCUT2D eigenvalue weighted by atomic mass is 31.2. The predicted molar refractivity (Wildman–Crippen MR) is 82.8 cm³/mol. The van der Waals surface area contributed by atoms with E-state index in [9.17, 15) is 9.36 Å². The number of phosphoric acid groups is 1.